The van der Waals surface area contributed by atoms with Gasteiger partial charge in [-0.2, -0.15) is 13.2 Å². The zero-order valence-electron chi connectivity index (χ0n) is 15.8. The van der Waals surface area contributed by atoms with E-state index in [4.69, 9.17) is 4.52 Å². The maximum absolute atomic E-state index is 13.7. The highest BCUT2D eigenvalue weighted by Crippen LogP contribution is 2.44. The summed E-state index contributed by atoms with van der Waals surface area (Å²) in [5, 5.41) is 23.5. The van der Waals surface area contributed by atoms with Gasteiger partial charge in [-0.05, 0) is 43.7 Å². The molecule has 2 heterocycles. The van der Waals surface area contributed by atoms with E-state index in [1.54, 1.807) is 13.8 Å². The van der Waals surface area contributed by atoms with Crippen molar-refractivity contribution in [3.8, 4) is 22.4 Å². The van der Waals surface area contributed by atoms with E-state index < -0.39 is 17.5 Å². The maximum atomic E-state index is 13.7. The lowest BCUT2D eigenvalue weighted by molar-refractivity contribution is -0.137. The summed E-state index contributed by atoms with van der Waals surface area (Å²) in [4.78, 5) is 12.6. The molecule has 1 aliphatic rings. The van der Waals surface area contributed by atoms with Gasteiger partial charge in [0.2, 0.25) is 0 Å². The predicted molar refractivity (Wildman–Crippen MR) is 100 cm³/mol. The van der Waals surface area contributed by atoms with Gasteiger partial charge in [-0.15, -0.1) is 5.10 Å². The Hall–Kier alpha value is -3.69. The summed E-state index contributed by atoms with van der Waals surface area (Å²) in [6, 6.07) is 1.88. The van der Waals surface area contributed by atoms with Crippen LogP contribution in [0.3, 0.4) is 0 Å². The summed E-state index contributed by atoms with van der Waals surface area (Å²) in [6.45, 7) is 3.29. The first-order valence-electron chi connectivity index (χ1n) is 8.85. The summed E-state index contributed by atoms with van der Waals surface area (Å²) >= 11 is 0. The quantitative estimate of drug-likeness (QED) is 0.649. The second kappa shape index (κ2) is 6.97. The van der Waals surface area contributed by atoms with E-state index in [9.17, 15) is 23.1 Å². The van der Waals surface area contributed by atoms with Crippen LogP contribution < -0.4 is 0 Å². The number of nitrogens with zero attached hydrogens (tertiary/aromatic N) is 3. The minimum Gasteiger partial charge on any atom is -0.512 e. The van der Waals surface area contributed by atoms with Crippen molar-refractivity contribution in [3.05, 3.63) is 58.8 Å². The van der Waals surface area contributed by atoms with E-state index >= 15 is 0 Å². The highest BCUT2D eigenvalue weighted by atomic mass is 19.4. The predicted octanol–water partition coefficient (Wildman–Crippen LogP) is 4.56. The fourth-order valence-corrected chi connectivity index (χ4v) is 3.49. The van der Waals surface area contributed by atoms with Crippen molar-refractivity contribution in [2.45, 2.75) is 26.4 Å². The van der Waals surface area contributed by atoms with Gasteiger partial charge in [0.15, 0.2) is 5.78 Å². The van der Waals surface area contributed by atoms with Crippen molar-refractivity contribution < 1.29 is 27.6 Å². The first-order chi connectivity index (χ1) is 14.2. The third kappa shape index (κ3) is 3.30. The van der Waals surface area contributed by atoms with Crippen LogP contribution in [0.15, 0.2) is 40.8 Å². The molecule has 0 atom stereocenters. The number of halogens is 3. The van der Waals surface area contributed by atoms with Gasteiger partial charge in [0.25, 0.3) is 0 Å². The molecule has 1 aromatic carbocycles. The van der Waals surface area contributed by atoms with Gasteiger partial charge in [-0.3, -0.25) is 9.89 Å². The number of hydrogen-bond acceptors (Lipinski definition) is 6. The lowest BCUT2D eigenvalue weighted by atomic mass is 9.83. The second-order valence-corrected chi connectivity index (χ2v) is 6.84. The number of alkyl halides is 3. The Balaban J connectivity index is 2.14. The van der Waals surface area contributed by atoms with Crippen LogP contribution in [0.25, 0.3) is 28.0 Å². The molecule has 0 bridgehead atoms. The molecule has 0 amide bonds. The number of Topliss-reactive ketones (excluding diaryl/α,β-unsaturated/α-hetero) is 1. The number of hydrogen-bond donors (Lipinski definition) is 2. The topological polar surface area (TPSA) is 105 Å². The van der Waals surface area contributed by atoms with Crippen LogP contribution in [0.5, 0.6) is 0 Å². The van der Waals surface area contributed by atoms with Crippen LogP contribution >= 0.6 is 0 Å². The largest absolute Gasteiger partial charge is 0.512 e. The van der Waals surface area contributed by atoms with Crippen LogP contribution in [0.1, 0.15) is 29.0 Å². The van der Waals surface area contributed by atoms with Crippen molar-refractivity contribution in [2.75, 3.05) is 0 Å². The number of allylic oxidation sites excluding steroid dienone is 4. The smallest absolute Gasteiger partial charge is 0.416 e. The molecule has 0 radical (unpaired) electrons. The lowest BCUT2D eigenvalue weighted by Gasteiger charge is -2.20. The fraction of sp³-hybridized carbons (Fsp3) is 0.200. The third-order valence-corrected chi connectivity index (χ3v) is 4.82. The Morgan fingerprint density at radius 2 is 1.87 bits per heavy atom. The van der Waals surface area contributed by atoms with E-state index in [-0.39, 0.29) is 34.6 Å². The van der Waals surface area contributed by atoms with E-state index in [0.717, 1.165) is 12.1 Å². The van der Waals surface area contributed by atoms with E-state index in [0.29, 0.717) is 22.6 Å². The van der Waals surface area contributed by atoms with Crippen LogP contribution in [-0.2, 0) is 11.0 Å². The zero-order valence-corrected chi connectivity index (χ0v) is 15.8. The molecule has 0 saturated heterocycles. The highest BCUT2D eigenvalue weighted by Gasteiger charge is 2.35. The normalized spacial score (nSPS) is 14.6. The molecule has 2 N–H and O–H groups in total. The van der Waals surface area contributed by atoms with Gasteiger partial charge in [-0.25, -0.2) is 0 Å². The van der Waals surface area contributed by atoms with Gasteiger partial charge < -0.3 is 9.63 Å². The van der Waals surface area contributed by atoms with Gasteiger partial charge >= 0.3 is 6.18 Å². The molecule has 10 heteroatoms. The van der Waals surface area contributed by atoms with Gasteiger partial charge in [0, 0.05) is 22.3 Å². The number of carbonyl (C=O) groups is 1. The second-order valence-electron chi connectivity index (χ2n) is 6.84. The van der Waals surface area contributed by atoms with Crippen molar-refractivity contribution in [3.63, 3.8) is 0 Å². The number of rotatable bonds is 3. The molecule has 30 heavy (non-hydrogen) atoms. The third-order valence-electron chi connectivity index (χ3n) is 4.82. The number of aliphatic hydroxyl groups is 1. The molecule has 7 nitrogen and oxygen atoms in total. The Labute approximate surface area is 167 Å². The Kier molecular flexibility index (Phi) is 4.56. The molecule has 4 rings (SSSR count). The molecule has 2 aromatic heterocycles. The number of carbonyl (C=O) groups excluding carboxylic acids is 1. The maximum Gasteiger partial charge on any atom is 0.416 e. The molecule has 0 spiro atoms. The SMILES string of the molecule is Cc1noc(C)c1-c1c(C2=CC=C(O)CC2=O)cc(C(F)(F)F)cc1-c1c[nH]nn1. The van der Waals surface area contributed by atoms with Crippen LogP contribution in [0, 0.1) is 13.8 Å². The summed E-state index contributed by atoms with van der Waals surface area (Å²) in [7, 11) is 0. The minimum atomic E-state index is -4.67. The summed E-state index contributed by atoms with van der Waals surface area (Å²) in [5.74, 6) is -0.291. The zero-order chi connectivity index (χ0) is 21.6. The van der Waals surface area contributed by atoms with E-state index in [1.165, 1.54) is 18.3 Å². The van der Waals surface area contributed by atoms with Crippen LogP contribution in [-0.4, -0.2) is 31.5 Å². The molecule has 154 valence electrons. The summed E-state index contributed by atoms with van der Waals surface area (Å²) < 4.78 is 46.4. The number of benzene rings is 1. The van der Waals surface area contributed by atoms with Crippen molar-refractivity contribution in [2.24, 2.45) is 0 Å². The Morgan fingerprint density at radius 1 is 1.13 bits per heavy atom. The number of aryl methyl sites for hydroxylation is 2. The van der Waals surface area contributed by atoms with Crippen LogP contribution in [0.2, 0.25) is 0 Å². The molecular weight excluding hydrogens is 401 g/mol. The number of ketones is 1. The van der Waals surface area contributed by atoms with Gasteiger partial charge in [0.05, 0.1) is 29.6 Å². The monoisotopic (exact) mass is 416 g/mol. The Bertz CT molecular complexity index is 1190. The lowest BCUT2D eigenvalue weighted by Crippen LogP contribution is -2.12. The number of H-pyrrole nitrogens is 1. The fourth-order valence-electron chi connectivity index (χ4n) is 3.49. The van der Waals surface area contributed by atoms with Crippen molar-refractivity contribution in [1.29, 1.82) is 0 Å². The van der Waals surface area contributed by atoms with E-state index in [2.05, 4.69) is 20.6 Å². The van der Waals surface area contributed by atoms with Crippen molar-refractivity contribution >= 4 is 11.4 Å². The molecule has 1 aliphatic carbocycles. The Morgan fingerprint density at radius 3 is 2.43 bits per heavy atom. The molecule has 3 aromatic rings. The number of aliphatic hydroxyl groups excluding tert-OH is 1. The first-order valence-corrected chi connectivity index (χ1v) is 8.85. The summed E-state index contributed by atoms with van der Waals surface area (Å²) in [5.41, 5.74) is 0.658. The summed E-state index contributed by atoms with van der Waals surface area (Å²) in [6.07, 6.45) is -0.998. The van der Waals surface area contributed by atoms with E-state index in [1.807, 2.05) is 0 Å². The van der Waals surface area contributed by atoms with Crippen LogP contribution in [0.4, 0.5) is 13.2 Å². The molecule has 0 saturated carbocycles. The molecular formula is C20H15F3N4O3. The standard InChI is InChI=1S/C20H15F3N4O3/c1-9-18(10(2)30-26-9)19-14(13-4-3-12(28)7-17(13)29)5-11(20(21,22)23)6-15(19)16-8-24-27-25-16/h3-6,8,28H,7H2,1-2H3,(H,24,25,27). The number of aromatic nitrogens is 4. The number of nitrogens with one attached hydrogen (secondary N) is 1. The average molecular weight is 416 g/mol. The molecule has 0 unspecified atom stereocenters. The number of aromatic amines is 1. The molecule has 0 fully saturated rings. The van der Waals surface area contributed by atoms with Gasteiger partial charge in [-0.1, -0.05) is 10.4 Å². The average Bonchev–Trinajstić information content (AvgIpc) is 3.30. The minimum absolute atomic E-state index is 0.0404. The highest BCUT2D eigenvalue weighted by molar-refractivity contribution is 6.24. The van der Waals surface area contributed by atoms with Crippen molar-refractivity contribution in [1.82, 2.24) is 20.6 Å². The first kappa shape index (κ1) is 19.6. The molecule has 0 aliphatic heterocycles. The van der Waals surface area contributed by atoms with Gasteiger partial charge in [0.1, 0.15) is 11.5 Å².